The van der Waals surface area contributed by atoms with Gasteiger partial charge in [0.2, 0.25) is 0 Å². The molecular formula is C18H19Cl2NO. The summed E-state index contributed by atoms with van der Waals surface area (Å²) >= 11 is 11.9. The Morgan fingerprint density at radius 1 is 1.00 bits per heavy atom. The third-order valence-corrected chi connectivity index (χ3v) is 4.42. The highest BCUT2D eigenvalue weighted by Crippen LogP contribution is 2.24. The zero-order valence-electron chi connectivity index (χ0n) is 13.1. The van der Waals surface area contributed by atoms with E-state index >= 15 is 0 Å². The van der Waals surface area contributed by atoms with Crippen LogP contribution in [-0.2, 0) is 0 Å². The van der Waals surface area contributed by atoms with E-state index in [4.69, 9.17) is 23.2 Å². The Hall–Kier alpha value is -1.51. The third kappa shape index (κ3) is 3.63. The lowest BCUT2D eigenvalue weighted by molar-refractivity contribution is 0.0940. The molecule has 1 atom stereocenters. The molecule has 0 bridgehead atoms. The summed E-state index contributed by atoms with van der Waals surface area (Å²) in [6, 6.07) is 9.04. The van der Waals surface area contributed by atoms with Gasteiger partial charge in [0.15, 0.2) is 0 Å². The number of rotatable bonds is 3. The topological polar surface area (TPSA) is 29.1 Å². The van der Waals surface area contributed by atoms with E-state index in [0.717, 1.165) is 11.1 Å². The largest absolute Gasteiger partial charge is 0.345 e. The Kier molecular flexibility index (Phi) is 5.15. The summed E-state index contributed by atoms with van der Waals surface area (Å²) in [5, 5.41) is 3.86. The second-order valence-electron chi connectivity index (χ2n) is 5.61. The fourth-order valence-electron chi connectivity index (χ4n) is 2.48. The number of nitrogens with one attached hydrogen (secondary N) is 1. The Bertz CT molecular complexity index is 725. The van der Waals surface area contributed by atoms with Crippen LogP contribution in [0.3, 0.4) is 0 Å². The molecule has 0 aliphatic heterocycles. The summed E-state index contributed by atoms with van der Waals surface area (Å²) in [6.45, 7) is 8.18. The minimum Gasteiger partial charge on any atom is -0.345 e. The molecule has 0 unspecified atom stereocenters. The van der Waals surface area contributed by atoms with Crippen LogP contribution < -0.4 is 5.32 Å². The summed E-state index contributed by atoms with van der Waals surface area (Å²) < 4.78 is 0. The van der Waals surface area contributed by atoms with Crippen LogP contribution in [0.15, 0.2) is 30.3 Å². The molecule has 1 N–H and O–H groups in total. The molecule has 0 radical (unpaired) electrons. The number of carbonyl (C=O) groups is 1. The van der Waals surface area contributed by atoms with Gasteiger partial charge in [-0.05, 0) is 68.1 Å². The Balaban J connectivity index is 2.23. The van der Waals surface area contributed by atoms with Gasteiger partial charge in [0.05, 0.1) is 16.6 Å². The normalized spacial score (nSPS) is 12.1. The average Bonchev–Trinajstić information content (AvgIpc) is 2.42. The average molecular weight is 336 g/mol. The lowest BCUT2D eigenvalue weighted by Gasteiger charge is -2.19. The number of hydrogen-bond acceptors (Lipinski definition) is 1. The minimum absolute atomic E-state index is 0.0986. The van der Waals surface area contributed by atoms with Crippen LogP contribution in [0.2, 0.25) is 10.0 Å². The Labute approximate surface area is 141 Å². The lowest BCUT2D eigenvalue weighted by Crippen LogP contribution is -2.27. The van der Waals surface area contributed by atoms with Crippen molar-refractivity contribution in [2.45, 2.75) is 33.7 Å². The van der Waals surface area contributed by atoms with Gasteiger partial charge >= 0.3 is 0 Å². The highest BCUT2D eigenvalue weighted by molar-refractivity contribution is 6.36. The van der Waals surface area contributed by atoms with Gasteiger partial charge in [0.1, 0.15) is 0 Å². The van der Waals surface area contributed by atoms with E-state index in [1.807, 2.05) is 6.92 Å². The molecule has 22 heavy (non-hydrogen) atoms. The maximum atomic E-state index is 12.4. The van der Waals surface area contributed by atoms with Crippen molar-refractivity contribution in [3.63, 3.8) is 0 Å². The molecule has 2 aromatic carbocycles. The van der Waals surface area contributed by atoms with Crippen LogP contribution in [0.1, 0.15) is 45.6 Å². The van der Waals surface area contributed by atoms with Crippen LogP contribution in [0, 0.1) is 20.8 Å². The summed E-state index contributed by atoms with van der Waals surface area (Å²) in [4.78, 5) is 12.4. The van der Waals surface area contributed by atoms with E-state index in [0.29, 0.717) is 15.6 Å². The van der Waals surface area contributed by atoms with Gasteiger partial charge in [-0.2, -0.15) is 0 Å². The quantitative estimate of drug-likeness (QED) is 0.798. The lowest BCUT2D eigenvalue weighted by atomic mass is 9.96. The van der Waals surface area contributed by atoms with Crippen molar-refractivity contribution in [1.29, 1.82) is 0 Å². The molecule has 0 heterocycles. The van der Waals surface area contributed by atoms with Crippen molar-refractivity contribution in [2.24, 2.45) is 0 Å². The van der Waals surface area contributed by atoms with Crippen LogP contribution in [0.25, 0.3) is 0 Å². The third-order valence-electron chi connectivity index (χ3n) is 3.87. The summed E-state index contributed by atoms with van der Waals surface area (Å²) in [6.07, 6.45) is 0. The Morgan fingerprint density at radius 3 is 2.27 bits per heavy atom. The SMILES string of the molecule is Cc1cc(C)c([C@@H](C)NC(=O)c2ccc(Cl)cc2Cl)cc1C. The predicted molar refractivity (Wildman–Crippen MR) is 93.0 cm³/mol. The van der Waals surface area contributed by atoms with Crippen molar-refractivity contribution in [1.82, 2.24) is 5.32 Å². The fourth-order valence-corrected chi connectivity index (χ4v) is 2.97. The minimum atomic E-state index is -0.202. The molecule has 0 saturated heterocycles. The Morgan fingerprint density at radius 2 is 1.64 bits per heavy atom. The van der Waals surface area contributed by atoms with Gasteiger partial charge in [-0.25, -0.2) is 0 Å². The van der Waals surface area contributed by atoms with Gasteiger partial charge in [-0.15, -0.1) is 0 Å². The number of aryl methyl sites for hydroxylation is 3. The van der Waals surface area contributed by atoms with Gasteiger partial charge < -0.3 is 5.32 Å². The van der Waals surface area contributed by atoms with E-state index in [-0.39, 0.29) is 11.9 Å². The zero-order chi connectivity index (χ0) is 16.4. The molecule has 2 nitrogen and oxygen atoms in total. The number of benzene rings is 2. The summed E-state index contributed by atoms with van der Waals surface area (Å²) in [5.74, 6) is -0.202. The first-order chi connectivity index (χ1) is 10.3. The first-order valence-corrected chi connectivity index (χ1v) is 7.89. The van der Waals surface area contributed by atoms with E-state index in [9.17, 15) is 4.79 Å². The summed E-state index contributed by atoms with van der Waals surface area (Å²) in [5.41, 5.74) is 5.17. The maximum absolute atomic E-state index is 12.4. The molecule has 0 aliphatic rings. The number of amides is 1. The molecule has 116 valence electrons. The highest BCUT2D eigenvalue weighted by atomic mass is 35.5. The van der Waals surface area contributed by atoms with Crippen LogP contribution in [-0.4, -0.2) is 5.91 Å². The molecule has 0 saturated carbocycles. The van der Waals surface area contributed by atoms with Crippen molar-refractivity contribution in [3.05, 3.63) is 68.2 Å². The second kappa shape index (κ2) is 6.72. The fraction of sp³-hybridized carbons (Fsp3) is 0.278. The monoisotopic (exact) mass is 335 g/mol. The van der Waals surface area contributed by atoms with Crippen molar-refractivity contribution in [2.75, 3.05) is 0 Å². The standard InChI is InChI=1S/C18H19Cl2NO/c1-10-7-12(3)16(8-11(10)2)13(4)21-18(22)15-6-5-14(19)9-17(15)20/h5-9,13H,1-4H3,(H,21,22)/t13-/m1/s1. The molecule has 0 aromatic heterocycles. The van der Waals surface area contributed by atoms with E-state index < -0.39 is 0 Å². The van der Waals surface area contributed by atoms with Crippen LogP contribution >= 0.6 is 23.2 Å². The van der Waals surface area contributed by atoms with Gasteiger partial charge in [-0.3, -0.25) is 4.79 Å². The molecule has 0 aliphatic carbocycles. The summed E-state index contributed by atoms with van der Waals surface area (Å²) in [7, 11) is 0. The smallest absolute Gasteiger partial charge is 0.253 e. The van der Waals surface area contributed by atoms with Crippen molar-refractivity contribution < 1.29 is 4.79 Å². The molecule has 0 fully saturated rings. The molecular weight excluding hydrogens is 317 g/mol. The number of halogens is 2. The number of hydrogen-bond donors (Lipinski definition) is 1. The first-order valence-electron chi connectivity index (χ1n) is 7.13. The van der Waals surface area contributed by atoms with E-state index in [1.165, 1.54) is 11.1 Å². The van der Waals surface area contributed by atoms with Crippen molar-refractivity contribution >= 4 is 29.1 Å². The first kappa shape index (κ1) is 16.9. The molecule has 2 rings (SSSR count). The van der Waals surface area contributed by atoms with Crippen molar-refractivity contribution in [3.8, 4) is 0 Å². The van der Waals surface area contributed by atoms with E-state index in [2.05, 4.69) is 38.2 Å². The molecule has 0 spiro atoms. The van der Waals surface area contributed by atoms with Crippen LogP contribution in [0.5, 0.6) is 0 Å². The van der Waals surface area contributed by atoms with E-state index in [1.54, 1.807) is 18.2 Å². The van der Waals surface area contributed by atoms with Gasteiger partial charge in [-0.1, -0.05) is 35.3 Å². The van der Waals surface area contributed by atoms with Gasteiger partial charge in [0, 0.05) is 5.02 Å². The van der Waals surface area contributed by atoms with Crippen LogP contribution in [0.4, 0.5) is 0 Å². The number of carbonyl (C=O) groups excluding carboxylic acids is 1. The maximum Gasteiger partial charge on any atom is 0.253 e. The molecule has 4 heteroatoms. The molecule has 2 aromatic rings. The predicted octanol–water partition coefficient (Wildman–Crippen LogP) is 5.41. The molecule has 1 amide bonds. The second-order valence-corrected chi connectivity index (χ2v) is 6.46. The van der Waals surface area contributed by atoms with Gasteiger partial charge in [0.25, 0.3) is 5.91 Å². The highest BCUT2D eigenvalue weighted by Gasteiger charge is 2.16. The zero-order valence-corrected chi connectivity index (χ0v) is 14.6.